The molecule has 0 aromatic heterocycles. The lowest BCUT2D eigenvalue weighted by Crippen LogP contribution is -2.56. The summed E-state index contributed by atoms with van der Waals surface area (Å²) in [6.07, 6.45) is -4.12. The second-order valence-electron chi connectivity index (χ2n) is 11.4. The predicted molar refractivity (Wildman–Crippen MR) is 166 cm³/mol. The number of halogens is 3. The Morgan fingerprint density at radius 2 is 1.55 bits per heavy atom. The molecule has 0 saturated carbocycles. The molecule has 1 atom stereocenters. The van der Waals surface area contributed by atoms with Crippen LogP contribution in [0.1, 0.15) is 52.5 Å². The number of hydrogen-bond donors (Lipinski definition) is 1. The Balaban J connectivity index is 1.46. The van der Waals surface area contributed by atoms with Gasteiger partial charge in [-0.2, -0.15) is 13.2 Å². The van der Waals surface area contributed by atoms with Gasteiger partial charge in [-0.25, -0.2) is 4.99 Å². The predicted octanol–water partition coefficient (Wildman–Crippen LogP) is 5.57. The summed E-state index contributed by atoms with van der Waals surface area (Å²) >= 11 is 0. The third-order valence-electron chi connectivity index (χ3n) is 7.55. The Labute approximate surface area is 257 Å². The van der Waals surface area contributed by atoms with Gasteiger partial charge < -0.3 is 9.80 Å². The fraction of sp³-hybridized carbons (Fsp3) is 0.382. The summed E-state index contributed by atoms with van der Waals surface area (Å²) in [5.41, 5.74) is 1.78. The van der Waals surface area contributed by atoms with Gasteiger partial charge >= 0.3 is 6.18 Å². The summed E-state index contributed by atoms with van der Waals surface area (Å²) < 4.78 is 40.1. The number of carbonyl (C=O) groups is 2. The summed E-state index contributed by atoms with van der Waals surface area (Å²) in [6.45, 7) is 8.00. The van der Waals surface area contributed by atoms with Crippen molar-refractivity contribution in [1.82, 2.24) is 20.0 Å². The Hall–Kier alpha value is -4.18. The quantitative estimate of drug-likeness (QED) is 0.269. The van der Waals surface area contributed by atoms with Gasteiger partial charge in [-0.05, 0) is 62.6 Å². The molecule has 2 amide bonds. The number of amides is 2. The van der Waals surface area contributed by atoms with Crippen LogP contribution in [0.2, 0.25) is 0 Å². The fourth-order valence-electron chi connectivity index (χ4n) is 5.32. The monoisotopic (exact) mass is 607 g/mol. The Kier molecular flexibility index (Phi) is 10.8. The Bertz CT molecular complexity index is 1440. The third kappa shape index (κ3) is 8.69. The molecule has 0 radical (unpaired) electrons. The molecule has 3 aromatic rings. The van der Waals surface area contributed by atoms with E-state index >= 15 is 0 Å². The molecule has 1 fully saturated rings. The van der Waals surface area contributed by atoms with E-state index in [0.29, 0.717) is 55.2 Å². The van der Waals surface area contributed by atoms with Crippen LogP contribution >= 0.6 is 0 Å². The summed E-state index contributed by atoms with van der Waals surface area (Å²) in [7, 11) is 1.70. The Morgan fingerprint density at radius 1 is 0.932 bits per heavy atom. The molecule has 0 aliphatic carbocycles. The van der Waals surface area contributed by atoms with E-state index in [2.05, 4.69) is 15.2 Å². The van der Waals surface area contributed by atoms with Crippen molar-refractivity contribution in [2.24, 2.45) is 4.99 Å². The van der Waals surface area contributed by atoms with Gasteiger partial charge in [0, 0.05) is 51.4 Å². The minimum atomic E-state index is -4.42. The van der Waals surface area contributed by atoms with E-state index in [1.807, 2.05) is 67.3 Å². The molecule has 1 aliphatic heterocycles. The van der Waals surface area contributed by atoms with Crippen molar-refractivity contribution in [1.29, 1.82) is 0 Å². The van der Waals surface area contributed by atoms with E-state index in [-0.39, 0.29) is 24.4 Å². The third-order valence-corrected chi connectivity index (χ3v) is 7.55. The molecule has 1 N–H and O–H groups in total. The first-order chi connectivity index (χ1) is 20.9. The van der Waals surface area contributed by atoms with Gasteiger partial charge in [0.05, 0.1) is 5.56 Å². The maximum atomic E-state index is 13.9. The molecule has 1 saturated heterocycles. The second kappa shape index (κ2) is 14.5. The molecule has 0 bridgehead atoms. The second-order valence-corrected chi connectivity index (χ2v) is 11.4. The number of benzene rings is 3. The van der Waals surface area contributed by atoms with Crippen LogP contribution in [0.15, 0.2) is 83.9 Å². The van der Waals surface area contributed by atoms with Crippen molar-refractivity contribution in [3.8, 4) is 0 Å². The van der Waals surface area contributed by atoms with Crippen molar-refractivity contribution >= 4 is 17.8 Å². The van der Waals surface area contributed by atoms with Gasteiger partial charge in [0.15, 0.2) is 0 Å². The number of nitrogens with zero attached hydrogens (tertiary/aromatic N) is 4. The number of piperazine rings is 1. The van der Waals surface area contributed by atoms with Crippen molar-refractivity contribution in [3.05, 3.63) is 107 Å². The van der Waals surface area contributed by atoms with E-state index < -0.39 is 17.8 Å². The molecule has 234 valence electrons. The number of aryl methyl sites for hydroxylation is 1. The average Bonchev–Trinajstić information content (AvgIpc) is 3.00. The zero-order chi connectivity index (χ0) is 31.9. The van der Waals surface area contributed by atoms with Crippen molar-refractivity contribution in [2.45, 2.75) is 45.5 Å². The number of guanidine groups is 1. The van der Waals surface area contributed by atoms with Crippen LogP contribution in [-0.4, -0.2) is 78.3 Å². The van der Waals surface area contributed by atoms with Gasteiger partial charge in [0.25, 0.3) is 5.91 Å². The van der Waals surface area contributed by atoms with Crippen LogP contribution in [0.3, 0.4) is 0 Å². The molecular weight excluding hydrogens is 567 g/mol. The lowest BCUT2D eigenvalue weighted by molar-refractivity contribution is -0.138. The standard InChI is InChI=1S/C34H40F3N5O2/c1-24(2)38-33(39-31(43)28-13-9-6-10-14-28)42-19-17-41(18-20-42)30(27-11-7-5-8-12-27)32(44)40(4)16-15-26-21-25(3)22-29(23-26)34(35,36)37/h5-14,21-24,30H,15-20H2,1-4H3,(H,38,39,43). The van der Waals surface area contributed by atoms with Gasteiger partial charge in [0.2, 0.25) is 11.9 Å². The number of rotatable bonds is 8. The van der Waals surface area contributed by atoms with Gasteiger partial charge in [0.1, 0.15) is 6.04 Å². The largest absolute Gasteiger partial charge is 0.416 e. The highest BCUT2D eigenvalue weighted by atomic mass is 19.4. The first-order valence-electron chi connectivity index (χ1n) is 14.8. The highest BCUT2D eigenvalue weighted by Crippen LogP contribution is 2.31. The van der Waals surface area contributed by atoms with E-state index in [0.717, 1.165) is 17.7 Å². The van der Waals surface area contributed by atoms with E-state index in [1.165, 1.54) is 0 Å². The maximum absolute atomic E-state index is 13.9. The van der Waals surface area contributed by atoms with Crippen LogP contribution in [0.4, 0.5) is 13.2 Å². The van der Waals surface area contributed by atoms with Crippen molar-refractivity contribution in [3.63, 3.8) is 0 Å². The lowest BCUT2D eigenvalue weighted by atomic mass is 10.0. The number of aliphatic imine (C=N–C) groups is 1. The summed E-state index contributed by atoms with van der Waals surface area (Å²) in [5, 5.41) is 2.97. The van der Waals surface area contributed by atoms with Crippen LogP contribution in [0, 0.1) is 6.92 Å². The number of hydrogen-bond acceptors (Lipinski definition) is 4. The smallest absolute Gasteiger partial charge is 0.344 e. The zero-order valence-electron chi connectivity index (χ0n) is 25.6. The molecule has 44 heavy (non-hydrogen) atoms. The minimum absolute atomic E-state index is 0.0352. The van der Waals surface area contributed by atoms with Gasteiger partial charge in [-0.1, -0.05) is 60.2 Å². The molecule has 3 aromatic carbocycles. The number of likely N-dealkylation sites (N-methyl/N-ethyl adjacent to an activating group) is 1. The number of carbonyl (C=O) groups excluding carboxylic acids is 2. The molecule has 1 aliphatic rings. The normalized spacial score (nSPS) is 15.3. The topological polar surface area (TPSA) is 68.2 Å². The van der Waals surface area contributed by atoms with E-state index in [9.17, 15) is 22.8 Å². The highest BCUT2D eigenvalue weighted by molar-refractivity contribution is 6.05. The first kappa shape index (κ1) is 32.7. The van der Waals surface area contributed by atoms with E-state index in [1.54, 1.807) is 37.1 Å². The fourth-order valence-corrected chi connectivity index (χ4v) is 5.32. The first-order valence-corrected chi connectivity index (χ1v) is 14.8. The summed E-state index contributed by atoms with van der Waals surface area (Å²) in [6, 6.07) is 21.9. The average molecular weight is 608 g/mol. The van der Waals surface area contributed by atoms with E-state index in [4.69, 9.17) is 0 Å². The number of nitrogens with one attached hydrogen (secondary N) is 1. The molecule has 4 rings (SSSR count). The van der Waals surface area contributed by atoms with Gasteiger partial charge in [-0.15, -0.1) is 0 Å². The zero-order valence-corrected chi connectivity index (χ0v) is 25.6. The van der Waals surface area contributed by atoms with Gasteiger partial charge in [-0.3, -0.25) is 19.8 Å². The minimum Gasteiger partial charge on any atom is -0.344 e. The van der Waals surface area contributed by atoms with Crippen LogP contribution in [0.5, 0.6) is 0 Å². The Morgan fingerprint density at radius 3 is 2.14 bits per heavy atom. The van der Waals surface area contributed by atoms with Crippen LogP contribution in [0.25, 0.3) is 0 Å². The SMILES string of the molecule is Cc1cc(CCN(C)C(=O)C(c2ccccc2)N2CCN(C(=NC(C)C)NC(=O)c3ccccc3)CC2)cc(C(F)(F)F)c1. The van der Waals surface area contributed by atoms with Crippen molar-refractivity contribution in [2.75, 3.05) is 39.8 Å². The molecule has 0 spiro atoms. The molecule has 1 heterocycles. The summed E-state index contributed by atoms with van der Waals surface area (Å²) in [5.74, 6) is 0.147. The lowest BCUT2D eigenvalue weighted by Gasteiger charge is -2.41. The van der Waals surface area contributed by atoms with Crippen LogP contribution in [-0.2, 0) is 17.4 Å². The van der Waals surface area contributed by atoms with Crippen LogP contribution < -0.4 is 5.32 Å². The maximum Gasteiger partial charge on any atom is 0.416 e. The van der Waals surface area contributed by atoms with Crippen molar-refractivity contribution < 1.29 is 22.8 Å². The number of alkyl halides is 3. The molecule has 1 unspecified atom stereocenters. The molecule has 7 nitrogen and oxygen atoms in total. The molecule has 10 heteroatoms. The molecular formula is C34H40F3N5O2. The summed E-state index contributed by atoms with van der Waals surface area (Å²) in [4.78, 5) is 37.3. The highest BCUT2D eigenvalue weighted by Gasteiger charge is 2.34.